The predicted molar refractivity (Wildman–Crippen MR) is 66.3 cm³/mol. The van der Waals surface area contributed by atoms with Crippen LogP contribution in [0.2, 0.25) is 0 Å². The van der Waals surface area contributed by atoms with Crippen LogP contribution >= 0.6 is 15.9 Å². The largest absolute Gasteiger partial charge is 0.439 e. The zero-order chi connectivity index (χ0) is 12.3. The van der Waals surface area contributed by atoms with Gasteiger partial charge in [-0.3, -0.25) is 0 Å². The summed E-state index contributed by atoms with van der Waals surface area (Å²) < 4.78 is 19.3. The highest BCUT2D eigenvalue weighted by molar-refractivity contribution is 9.10. The molecule has 0 saturated carbocycles. The van der Waals surface area contributed by atoms with E-state index in [1.807, 2.05) is 6.07 Å². The molecule has 2 aromatic rings. The van der Waals surface area contributed by atoms with Gasteiger partial charge in [0, 0.05) is 28.8 Å². The van der Waals surface area contributed by atoms with Gasteiger partial charge < -0.3 is 10.5 Å². The predicted octanol–water partition coefficient (Wildman–Crippen LogP) is 3.23. The van der Waals surface area contributed by atoms with Gasteiger partial charge in [-0.2, -0.15) is 0 Å². The summed E-state index contributed by atoms with van der Waals surface area (Å²) in [5.74, 6) is 0.435. The fraction of sp³-hybridized carbons (Fsp3) is 0.0833. The zero-order valence-electron chi connectivity index (χ0n) is 8.86. The average Bonchev–Trinajstić information content (AvgIpc) is 2.31. The topological polar surface area (TPSA) is 48.1 Å². The summed E-state index contributed by atoms with van der Waals surface area (Å²) in [4.78, 5) is 4.10. The summed E-state index contributed by atoms with van der Waals surface area (Å²) in [6, 6.07) is 7.70. The summed E-state index contributed by atoms with van der Waals surface area (Å²) in [5.41, 5.74) is 6.34. The number of hydrogen-bond donors (Lipinski definition) is 1. The van der Waals surface area contributed by atoms with E-state index in [9.17, 15) is 4.39 Å². The van der Waals surface area contributed by atoms with Crippen LogP contribution in [0.1, 0.15) is 5.56 Å². The molecule has 88 valence electrons. The molecule has 0 aliphatic heterocycles. The standard InChI is InChI=1S/C12H10BrFN2O/c13-9-4-8(6-15)12(16-7-9)17-11-3-1-2-10(14)5-11/h1-5,7H,6,15H2. The number of pyridine rings is 1. The molecule has 2 N–H and O–H groups in total. The molecule has 1 aromatic heterocycles. The number of rotatable bonds is 3. The highest BCUT2D eigenvalue weighted by Gasteiger charge is 2.06. The van der Waals surface area contributed by atoms with Gasteiger partial charge in [0.15, 0.2) is 0 Å². The highest BCUT2D eigenvalue weighted by atomic mass is 79.9. The molecule has 1 aromatic carbocycles. The maximum Gasteiger partial charge on any atom is 0.223 e. The molecule has 2 rings (SSSR count). The molecule has 0 fully saturated rings. The van der Waals surface area contributed by atoms with Crippen molar-refractivity contribution in [1.29, 1.82) is 0 Å². The molecule has 17 heavy (non-hydrogen) atoms. The third kappa shape index (κ3) is 3.01. The average molecular weight is 297 g/mol. The lowest BCUT2D eigenvalue weighted by molar-refractivity contribution is 0.451. The van der Waals surface area contributed by atoms with Crippen molar-refractivity contribution in [3.8, 4) is 11.6 Å². The van der Waals surface area contributed by atoms with E-state index >= 15 is 0 Å². The Morgan fingerprint density at radius 3 is 2.88 bits per heavy atom. The second-order valence-electron chi connectivity index (χ2n) is 3.38. The summed E-state index contributed by atoms with van der Waals surface area (Å²) >= 11 is 3.30. The van der Waals surface area contributed by atoms with E-state index in [4.69, 9.17) is 10.5 Å². The first-order valence-electron chi connectivity index (χ1n) is 4.97. The van der Waals surface area contributed by atoms with Gasteiger partial charge in [0.1, 0.15) is 11.6 Å². The number of nitrogens with zero attached hydrogens (tertiary/aromatic N) is 1. The monoisotopic (exact) mass is 296 g/mol. The van der Waals surface area contributed by atoms with Crippen LogP contribution in [0.5, 0.6) is 11.6 Å². The number of benzene rings is 1. The third-order valence-corrected chi connectivity index (χ3v) is 2.56. The quantitative estimate of drug-likeness (QED) is 0.946. The lowest BCUT2D eigenvalue weighted by atomic mass is 10.3. The number of halogens is 2. The zero-order valence-corrected chi connectivity index (χ0v) is 10.4. The van der Waals surface area contributed by atoms with Crippen molar-refractivity contribution in [2.75, 3.05) is 0 Å². The van der Waals surface area contributed by atoms with Crippen LogP contribution in [0.3, 0.4) is 0 Å². The number of aromatic nitrogens is 1. The molecule has 0 saturated heterocycles. The van der Waals surface area contributed by atoms with Gasteiger partial charge in [0.05, 0.1) is 0 Å². The van der Waals surface area contributed by atoms with Crippen LogP contribution in [-0.2, 0) is 6.54 Å². The number of nitrogens with two attached hydrogens (primary N) is 1. The molecule has 0 aliphatic rings. The first kappa shape index (κ1) is 12.0. The Bertz CT molecular complexity index is 534. The Hall–Kier alpha value is -1.46. The van der Waals surface area contributed by atoms with Crippen molar-refractivity contribution in [3.63, 3.8) is 0 Å². The van der Waals surface area contributed by atoms with Crippen molar-refractivity contribution in [2.24, 2.45) is 5.73 Å². The minimum atomic E-state index is -0.353. The summed E-state index contributed by atoms with van der Waals surface area (Å²) in [5, 5.41) is 0. The van der Waals surface area contributed by atoms with Gasteiger partial charge in [-0.25, -0.2) is 9.37 Å². The van der Waals surface area contributed by atoms with E-state index in [1.54, 1.807) is 18.3 Å². The summed E-state index contributed by atoms with van der Waals surface area (Å²) in [7, 11) is 0. The van der Waals surface area contributed by atoms with E-state index in [2.05, 4.69) is 20.9 Å². The van der Waals surface area contributed by atoms with E-state index in [-0.39, 0.29) is 5.82 Å². The maximum atomic E-state index is 13.0. The summed E-state index contributed by atoms with van der Waals surface area (Å²) in [6.07, 6.45) is 1.60. The first-order chi connectivity index (χ1) is 8.19. The van der Waals surface area contributed by atoms with E-state index in [1.165, 1.54) is 12.1 Å². The lowest BCUT2D eigenvalue weighted by Crippen LogP contribution is -2.01. The first-order valence-corrected chi connectivity index (χ1v) is 5.76. The van der Waals surface area contributed by atoms with Gasteiger partial charge in [-0.05, 0) is 34.1 Å². The highest BCUT2D eigenvalue weighted by Crippen LogP contribution is 2.25. The molecular formula is C12H10BrFN2O. The Labute approximate surface area is 107 Å². The fourth-order valence-electron chi connectivity index (χ4n) is 1.35. The molecular weight excluding hydrogens is 287 g/mol. The third-order valence-electron chi connectivity index (χ3n) is 2.12. The molecule has 1 heterocycles. The molecule has 0 aliphatic carbocycles. The fourth-order valence-corrected chi connectivity index (χ4v) is 1.73. The molecule has 0 atom stereocenters. The van der Waals surface area contributed by atoms with Crippen molar-refractivity contribution in [2.45, 2.75) is 6.54 Å². The minimum Gasteiger partial charge on any atom is -0.439 e. The molecule has 5 heteroatoms. The molecule has 0 spiro atoms. The van der Waals surface area contributed by atoms with Gasteiger partial charge >= 0.3 is 0 Å². The van der Waals surface area contributed by atoms with Crippen molar-refractivity contribution < 1.29 is 9.13 Å². The lowest BCUT2D eigenvalue weighted by Gasteiger charge is -2.08. The van der Waals surface area contributed by atoms with E-state index < -0.39 is 0 Å². The van der Waals surface area contributed by atoms with Crippen LogP contribution in [-0.4, -0.2) is 4.98 Å². The second kappa shape index (κ2) is 5.25. The van der Waals surface area contributed by atoms with Crippen LogP contribution in [0.4, 0.5) is 4.39 Å². The molecule has 0 radical (unpaired) electrons. The van der Waals surface area contributed by atoms with Crippen LogP contribution in [0.15, 0.2) is 41.0 Å². The van der Waals surface area contributed by atoms with Gasteiger partial charge in [-0.1, -0.05) is 6.07 Å². The normalized spacial score (nSPS) is 10.3. The van der Waals surface area contributed by atoms with Crippen LogP contribution in [0, 0.1) is 5.82 Å². The Morgan fingerprint density at radius 1 is 1.35 bits per heavy atom. The minimum absolute atomic E-state index is 0.303. The van der Waals surface area contributed by atoms with Crippen molar-refractivity contribution in [3.05, 3.63) is 52.4 Å². The van der Waals surface area contributed by atoms with E-state index in [0.29, 0.717) is 18.2 Å². The van der Waals surface area contributed by atoms with Crippen LogP contribution in [0.25, 0.3) is 0 Å². The van der Waals surface area contributed by atoms with Crippen molar-refractivity contribution >= 4 is 15.9 Å². The Morgan fingerprint density at radius 2 is 2.18 bits per heavy atom. The van der Waals surface area contributed by atoms with E-state index in [0.717, 1.165) is 10.0 Å². The Kier molecular flexibility index (Phi) is 3.71. The smallest absolute Gasteiger partial charge is 0.223 e. The summed E-state index contributed by atoms with van der Waals surface area (Å²) in [6.45, 7) is 0.303. The molecule has 0 unspecified atom stereocenters. The molecule has 0 amide bonds. The molecule has 3 nitrogen and oxygen atoms in total. The number of hydrogen-bond acceptors (Lipinski definition) is 3. The Balaban J connectivity index is 2.29. The van der Waals surface area contributed by atoms with Gasteiger partial charge in [0.2, 0.25) is 5.88 Å². The SMILES string of the molecule is NCc1cc(Br)cnc1Oc1cccc(F)c1. The van der Waals surface area contributed by atoms with Gasteiger partial charge in [-0.15, -0.1) is 0 Å². The number of ether oxygens (including phenoxy) is 1. The molecule has 0 bridgehead atoms. The van der Waals surface area contributed by atoms with Crippen LogP contribution < -0.4 is 10.5 Å². The van der Waals surface area contributed by atoms with Gasteiger partial charge in [0.25, 0.3) is 0 Å². The maximum absolute atomic E-state index is 13.0. The van der Waals surface area contributed by atoms with Crippen molar-refractivity contribution in [1.82, 2.24) is 4.98 Å². The second-order valence-corrected chi connectivity index (χ2v) is 4.30.